The van der Waals surface area contributed by atoms with Crippen molar-refractivity contribution in [2.24, 2.45) is 0 Å². The van der Waals surface area contributed by atoms with Crippen LogP contribution in [0.4, 0.5) is 10.2 Å². The number of benzene rings is 1. The van der Waals surface area contributed by atoms with Crippen LogP contribution in [0, 0.1) is 31.0 Å². The van der Waals surface area contributed by atoms with Gasteiger partial charge in [-0.1, -0.05) is 23.9 Å². The van der Waals surface area contributed by atoms with Crippen molar-refractivity contribution in [3.8, 4) is 6.07 Å². The molecule has 0 bridgehead atoms. The van der Waals surface area contributed by atoms with Gasteiger partial charge in [-0.3, -0.25) is 9.36 Å². The number of aromatic nitrogens is 4. The molecule has 0 aliphatic rings. The molecule has 2 N–H and O–H groups in total. The SMILES string of the molecule is CCn1c(SCC(=O)Nc2c(C#N)c(C)c(C)n2Cc2ccc(F)cc2)n[nH]c1=O. The number of H-pyrrole nitrogens is 1. The molecule has 1 amide bonds. The number of anilines is 1. The molecule has 8 nitrogen and oxygen atoms in total. The van der Waals surface area contributed by atoms with Crippen LogP contribution in [0.2, 0.25) is 0 Å². The van der Waals surface area contributed by atoms with E-state index in [4.69, 9.17) is 0 Å². The van der Waals surface area contributed by atoms with Crippen molar-refractivity contribution < 1.29 is 9.18 Å². The van der Waals surface area contributed by atoms with E-state index in [1.165, 1.54) is 16.7 Å². The zero-order valence-corrected chi connectivity index (χ0v) is 17.6. The van der Waals surface area contributed by atoms with Crippen molar-refractivity contribution in [2.45, 2.75) is 39.0 Å². The highest BCUT2D eigenvalue weighted by Crippen LogP contribution is 2.28. The van der Waals surface area contributed by atoms with Crippen LogP contribution in [0.25, 0.3) is 0 Å². The molecule has 2 aromatic heterocycles. The summed E-state index contributed by atoms with van der Waals surface area (Å²) in [5, 5.41) is 19.1. The number of aromatic amines is 1. The molecule has 30 heavy (non-hydrogen) atoms. The van der Waals surface area contributed by atoms with Crippen LogP contribution < -0.4 is 11.0 Å². The minimum absolute atomic E-state index is 0.0228. The molecule has 3 rings (SSSR count). The third-order valence-corrected chi connectivity index (χ3v) is 5.80. The first kappa shape index (κ1) is 21.4. The third-order valence-electron chi connectivity index (χ3n) is 4.82. The number of carbonyl (C=O) groups is 1. The molecule has 3 aromatic rings. The summed E-state index contributed by atoms with van der Waals surface area (Å²) >= 11 is 1.13. The van der Waals surface area contributed by atoms with Crippen LogP contribution in [0.3, 0.4) is 0 Å². The van der Waals surface area contributed by atoms with E-state index in [1.54, 1.807) is 12.1 Å². The minimum atomic E-state index is -0.327. The summed E-state index contributed by atoms with van der Waals surface area (Å²) in [7, 11) is 0. The normalized spacial score (nSPS) is 10.8. The second kappa shape index (κ2) is 9.00. The van der Waals surface area contributed by atoms with Crippen molar-refractivity contribution in [1.29, 1.82) is 5.26 Å². The third kappa shape index (κ3) is 4.31. The van der Waals surface area contributed by atoms with E-state index in [9.17, 15) is 19.2 Å². The van der Waals surface area contributed by atoms with Gasteiger partial charge in [0.2, 0.25) is 5.91 Å². The molecular weight excluding hydrogens is 407 g/mol. The lowest BCUT2D eigenvalue weighted by atomic mass is 10.2. The number of nitriles is 1. The van der Waals surface area contributed by atoms with Gasteiger partial charge in [-0.05, 0) is 44.0 Å². The number of halogens is 1. The Bertz CT molecular complexity index is 1170. The topological polar surface area (TPSA) is 108 Å². The summed E-state index contributed by atoms with van der Waals surface area (Å²) in [5.41, 5.74) is 2.51. The Kier molecular flexibility index (Phi) is 6.42. The van der Waals surface area contributed by atoms with Gasteiger partial charge >= 0.3 is 5.69 Å². The highest BCUT2D eigenvalue weighted by molar-refractivity contribution is 7.99. The predicted molar refractivity (Wildman–Crippen MR) is 112 cm³/mol. The molecule has 2 heterocycles. The number of nitrogens with one attached hydrogen (secondary N) is 2. The van der Waals surface area contributed by atoms with Crippen LogP contribution in [-0.2, 0) is 17.9 Å². The first-order valence-electron chi connectivity index (χ1n) is 9.27. The van der Waals surface area contributed by atoms with Crippen molar-refractivity contribution in [1.82, 2.24) is 19.3 Å². The predicted octanol–water partition coefficient (Wildman–Crippen LogP) is 2.80. The van der Waals surface area contributed by atoms with E-state index in [0.29, 0.717) is 29.6 Å². The smallest absolute Gasteiger partial charge is 0.326 e. The number of carbonyl (C=O) groups excluding carboxylic acids is 1. The Labute approximate surface area is 176 Å². The molecule has 0 atom stereocenters. The first-order valence-corrected chi connectivity index (χ1v) is 10.3. The van der Waals surface area contributed by atoms with Crippen molar-refractivity contribution in [3.63, 3.8) is 0 Å². The summed E-state index contributed by atoms with van der Waals surface area (Å²) in [4.78, 5) is 24.2. The lowest BCUT2D eigenvalue weighted by molar-refractivity contribution is -0.113. The summed E-state index contributed by atoms with van der Waals surface area (Å²) in [6.07, 6.45) is 0. The summed E-state index contributed by atoms with van der Waals surface area (Å²) in [6.45, 7) is 6.33. The molecule has 0 saturated heterocycles. The van der Waals surface area contributed by atoms with Gasteiger partial charge in [0.1, 0.15) is 17.7 Å². The van der Waals surface area contributed by atoms with Crippen molar-refractivity contribution in [3.05, 3.63) is 63.0 Å². The fourth-order valence-corrected chi connectivity index (χ4v) is 3.90. The number of nitrogens with zero attached hydrogens (tertiary/aromatic N) is 4. The average Bonchev–Trinajstić information content (AvgIpc) is 3.19. The molecular formula is C20H21FN6O2S. The van der Waals surface area contributed by atoms with Gasteiger partial charge < -0.3 is 9.88 Å². The summed E-state index contributed by atoms with van der Waals surface area (Å²) in [5.74, 6) is -0.231. The Hall–Kier alpha value is -3.32. The zero-order chi connectivity index (χ0) is 21.8. The van der Waals surface area contributed by atoms with Gasteiger partial charge in [-0.15, -0.1) is 5.10 Å². The van der Waals surface area contributed by atoms with Crippen LogP contribution in [-0.4, -0.2) is 31.0 Å². The van der Waals surface area contributed by atoms with Crippen LogP contribution >= 0.6 is 11.8 Å². The first-order chi connectivity index (χ1) is 14.3. The van der Waals surface area contributed by atoms with E-state index in [2.05, 4.69) is 21.6 Å². The van der Waals surface area contributed by atoms with E-state index in [0.717, 1.165) is 28.6 Å². The zero-order valence-electron chi connectivity index (χ0n) is 16.8. The number of hydrogen-bond acceptors (Lipinski definition) is 5. The molecule has 156 valence electrons. The quantitative estimate of drug-likeness (QED) is 0.563. The van der Waals surface area contributed by atoms with Gasteiger partial charge in [0, 0.05) is 18.8 Å². The lowest BCUT2D eigenvalue weighted by Crippen LogP contribution is -2.20. The van der Waals surface area contributed by atoms with E-state index < -0.39 is 0 Å². The lowest BCUT2D eigenvalue weighted by Gasteiger charge is -2.13. The molecule has 0 spiro atoms. The standard InChI is InChI=1S/C20H21FN6O2S/c1-4-26-19(29)24-25-20(26)30-11-17(28)23-18-16(9-22)12(2)13(3)27(18)10-14-5-7-15(21)8-6-14/h5-8H,4,10-11H2,1-3H3,(H,23,28)(H,24,29). The van der Waals surface area contributed by atoms with Crippen LogP contribution in [0.15, 0.2) is 34.2 Å². The maximum Gasteiger partial charge on any atom is 0.343 e. The largest absolute Gasteiger partial charge is 0.343 e. The van der Waals surface area contributed by atoms with Crippen molar-refractivity contribution in [2.75, 3.05) is 11.1 Å². The van der Waals surface area contributed by atoms with Gasteiger partial charge in [0.15, 0.2) is 5.16 Å². The van der Waals surface area contributed by atoms with E-state index >= 15 is 0 Å². The maximum atomic E-state index is 13.2. The molecule has 10 heteroatoms. The van der Waals surface area contributed by atoms with Crippen LogP contribution in [0.1, 0.15) is 29.3 Å². The van der Waals surface area contributed by atoms with Crippen molar-refractivity contribution >= 4 is 23.5 Å². The molecule has 0 aliphatic carbocycles. The minimum Gasteiger partial charge on any atom is -0.326 e. The molecule has 0 saturated carbocycles. The fourth-order valence-electron chi connectivity index (χ4n) is 3.09. The number of hydrogen-bond donors (Lipinski definition) is 2. The number of amides is 1. The number of thioether (sulfide) groups is 1. The molecule has 1 aromatic carbocycles. The van der Waals surface area contributed by atoms with Gasteiger partial charge in [-0.25, -0.2) is 14.3 Å². The highest BCUT2D eigenvalue weighted by atomic mass is 32.2. The molecule has 0 unspecified atom stereocenters. The molecule has 0 aliphatic heterocycles. The van der Waals surface area contributed by atoms with Crippen LogP contribution in [0.5, 0.6) is 0 Å². The fraction of sp³-hybridized carbons (Fsp3) is 0.300. The average molecular weight is 428 g/mol. The maximum absolute atomic E-state index is 13.2. The Morgan fingerprint density at radius 2 is 2.00 bits per heavy atom. The second-order valence-corrected chi connectivity index (χ2v) is 7.59. The van der Waals surface area contributed by atoms with E-state index in [-0.39, 0.29) is 23.2 Å². The Balaban J connectivity index is 1.82. The summed E-state index contributed by atoms with van der Waals surface area (Å²) in [6, 6.07) is 8.23. The monoisotopic (exact) mass is 428 g/mol. The molecule has 0 fully saturated rings. The summed E-state index contributed by atoms with van der Waals surface area (Å²) < 4.78 is 16.5. The number of rotatable bonds is 7. The second-order valence-electron chi connectivity index (χ2n) is 6.65. The van der Waals surface area contributed by atoms with Gasteiger partial charge in [0.25, 0.3) is 0 Å². The van der Waals surface area contributed by atoms with Gasteiger partial charge in [0.05, 0.1) is 11.3 Å². The van der Waals surface area contributed by atoms with Gasteiger partial charge in [-0.2, -0.15) is 5.26 Å². The van der Waals surface area contributed by atoms with E-state index in [1.807, 2.05) is 25.3 Å². The Morgan fingerprint density at radius 1 is 1.30 bits per heavy atom. The Morgan fingerprint density at radius 3 is 2.63 bits per heavy atom. The highest BCUT2D eigenvalue weighted by Gasteiger charge is 2.20. The molecule has 0 radical (unpaired) electrons.